The van der Waals surface area contributed by atoms with Crippen LogP contribution in [0.15, 0.2) is 48.5 Å². The molecule has 160 valence electrons. The number of carbonyl (C=O) groups excluding carboxylic acids is 2. The predicted molar refractivity (Wildman–Crippen MR) is 124 cm³/mol. The van der Waals surface area contributed by atoms with Gasteiger partial charge in [-0.3, -0.25) is 14.9 Å². The Bertz CT molecular complexity index is 901. The van der Waals surface area contributed by atoms with Crippen LogP contribution in [0.5, 0.6) is 5.75 Å². The van der Waals surface area contributed by atoms with Crippen LogP contribution in [0.1, 0.15) is 61.3 Å². The molecule has 2 amide bonds. The number of thiocarbonyl (C=S) groups is 1. The molecule has 0 spiro atoms. The Balaban J connectivity index is 1.99. The monoisotopic (exact) mass is 427 g/mol. The molecule has 2 rings (SSSR count). The Morgan fingerprint density at radius 1 is 0.967 bits per heavy atom. The van der Waals surface area contributed by atoms with Crippen molar-refractivity contribution in [2.45, 2.75) is 52.7 Å². The van der Waals surface area contributed by atoms with E-state index in [2.05, 4.69) is 16.0 Å². The normalized spacial score (nSPS) is 12.4. The van der Waals surface area contributed by atoms with Gasteiger partial charge >= 0.3 is 0 Å². The molecule has 0 heterocycles. The van der Waals surface area contributed by atoms with E-state index in [1.807, 2.05) is 33.8 Å². The van der Waals surface area contributed by atoms with Crippen LogP contribution < -0.4 is 20.7 Å². The van der Waals surface area contributed by atoms with Crippen LogP contribution in [-0.4, -0.2) is 29.1 Å². The summed E-state index contributed by atoms with van der Waals surface area (Å²) in [5.74, 6) is 0.143. The van der Waals surface area contributed by atoms with Gasteiger partial charge in [-0.1, -0.05) is 26.0 Å². The van der Waals surface area contributed by atoms with E-state index in [1.165, 1.54) is 0 Å². The quantitative estimate of drug-likeness (QED) is 0.540. The second-order valence-electron chi connectivity index (χ2n) is 7.14. The molecule has 7 heteroatoms. The number of anilines is 1. The fraction of sp³-hybridized carbons (Fsp3) is 0.348. The lowest BCUT2D eigenvalue weighted by Gasteiger charge is -2.14. The maximum absolute atomic E-state index is 12.5. The minimum Gasteiger partial charge on any atom is -0.491 e. The van der Waals surface area contributed by atoms with Gasteiger partial charge in [0.15, 0.2) is 5.11 Å². The van der Waals surface area contributed by atoms with Crippen molar-refractivity contribution in [1.29, 1.82) is 0 Å². The molecular weight excluding hydrogens is 398 g/mol. The maximum Gasteiger partial charge on any atom is 0.257 e. The first-order chi connectivity index (χ1) is 14.3. The summed E-state index contributed by atoms with van der Waals surface area (Å²) in [4.78, 5) is 24.8. The van der Waals surface area contributed by atoms with Gasteiger partial charge in [0.2, 0.25) is 0 Å². The fourth-order valence-electron chi connectivity index (χ4n) is 2.51. The molecule has 0 aromatic heterocycles. The summed E-state index contributed by atoms with van der Waals surface area (Å²) in [5, 5.41) is 8.67. The molecule has 0 radical (unpaired) electrons. The third-order valence-electron chi connectivity index (χ3n) is 4.61. The molecule has 0 aliphatic rings. The Morgan fingerprint density at radius 3 is 2.30 bits per heavy atom. The summed E-state index contributed by atoms with van der Waals surface area (Å²) in [6.45, 7) is 7.97. The summed E-state index contributed by atoms with van der Waals surface area (Å²) in [6, 6.07) is 14.0. The van der Waals surface area contributed by atoms with E-state index in [4.69, 9.17) is 17.0 Å². The zero-order valence-corrected chi connectivity index (χ0v) is 18.6. The first-order valence-electron chi connectivity index (χ1n) is 10.1. The Morgan fingerprint density at radius 2 is 1.63 bits per heavy atom. The minimum absolute atomic E-state index is 0.0656. The van der Waals surface area contributed by atoms with Crippen molar-refractivity contribution in [3.8, 4) is 5.75 Å². The average molecular weight is 428 g/mol. The van der Waals surface area contributed by atoms with Gasteiger partial charge < -0.3 is 15.4 Å². The predicted octanol–water partition coefficient (Wildman–Crippen LogP) is 4.52. The number of hydrogen-bond donors (Lipinski definition) is 3. The average Bonchev–Trinajstić information content (AvgIpc) is 2.73. The smallest absolute Gasteiger partial charge is 0.257 e. The largest absolute Gasteiger partial charge is 0.491 e. The number of ether oxygens (including phenoxy) is 1. The molecule has 3 N–H and O–H groups in total. The number of amides is 2. The second-order valence-corrected chi connectivity index (χ2v) is 7.54. The van der Waals surface area contributed by atoms with Crippen LogP contribution in [0.25, 0.3) is 0 Å². The molecule has 2 aromatic carbocycles. The zero-order valence-electron chi connectivity index (χ0n) is 17.8. The van der Waals surface area contributed by atoms with E-state index >= 15 is 0 Å². The molecule has 2 aromatic rings. The van der Waals surface area contributed by atoms with Crippen molar-refractivity contribution in [1.82, 2.24) is 10.6 Å². The van der Waals surface area contributed by atoms with Gasteiger partial charge in [-0.2, -0.15) is 0 Å². The SMILES string of the molecule is CCC(C)NC(=O)c1cccc(NC(=S)NC(=O)c2cccc(OC(C)CC)c2)c1. The zero-order chi connectivity index (χ0) is 22.1. The van der Waals surface area contributed by atoms with Gasteiger partial charge in [0.25, 0.3) is 11.8 Å². The van der Waals surface area contributed by atoms with E-state index in [9.17, 15) is 9.59 Å². The molecule has 0 bridgehead atoms. The van der Waals surface area contributed by atoms with Gasteiger partial charge in [-0.25, -0.2) is 0 Å². The van der Waals surface area contributed by atoms with Crippen molar-refractivity contribution in [2.75, 3.05) is 5.32 Å². The number of nitrogens with one attached hydrogen (secondary N) is 3. The van der Waals surface area contributed by atoms with Gasteiger partial charge in [0.1, 0.15) is 5.75 Å². The first-order valence-corrected chi connectivity index (χ1v) is 10.5. The molecule has 2 atom stereocenters. The third-order valence-corrected chi connectivity index (χ3v) is 4.81. The summed E-state index contributed by atoms with van der Waals surface area (Å²) in [7, 11) is 0. The van der Waals surface area contributed by atoms with Gasteiger partial charge in [-0.05, 0) is 75.3 Å². The molecule has 0 aliphatic heterocycles. The lowest BCUT2D eigenvalue weighted by atomic mass is 10.1. The van der Waals surface area contributed by atoms with Crippen LogP contribution in [-0.2, 0) is 0 Å². The number of hydrogen-bond acceptors (Lipinski definition) is 4. The summed E-state index contributed by atoms with van der Waals surface area (Å²) in [5.41, 5.74) is 1.58. The van der Waals surface area contributed by atoms with Gasteiger partial charge in [-0.15, -0.1) is 0 Å². The molecular formula is C23H29N3O3S. The first kappa shape index (κ1) is 23.3. The number of carbonyl (C=O) groups is 2. The Kier molecular flexibility index (Phi) is 8.80. The van der Waals surface area contributed by atoms with E-state index in [1.54, 1.807) is 42.5 Å². The summed E-state index contributed by atoms with van der Waals surface area (Å²) >= 11 is 5.26. The van der Waals surface area contributed by atoms with Crippen molar-refractivity contribution in [3.05, 3.63) is 59.7 Å². The standard InChI is InChI=1S/C23H29N3O3S/c1-5-15(3)24-21(27)17-9-7-11-19(13-17)25-23(30)26-22(28)18-10-8-12-20(14-18)29-16(4)6-2/h7-16H,5-6H2,1-4H3,(H,24,27)(H2,25,26,28,30). The van der Waals surface area contributed by atoms with Gasteiger partial charge in [0, 0.05) is 22.9 Å². The van der Waals surface area contributed by atoms with Crippen molar-refractivity contribution >= 4 is 34.8 Å². The van der Waals surface area contributed by atoms with E-state index in [0.29, 0.717) is 22.6 Å². The number of benzene rings is 2. The molecule has 0 saturated carbocycles. The molecule has 6 nitrogen and oxygen atoms in total. The third kappa shape index (κ3) is 7.15. The lowest BCUT2D eigenvalue weighted by molar-refractivity contribution is 0.0937. The van der Waals surface area contributed by atoms with Crippen LogP contribution in [0.4, 0.5) is 5.69 Å². The summed E-state index contributed by atoms with van der Waals surface area (Å²) < 4.78 is 5.76. The second kappa shape index (κ2) is 11.3. The highest BCUT2D eigenvalue weighted by molar-refractivity contribution is 7.80. The molecule has 0 aliphatic carbocycles. The highest BCUT2D eigenvalue weighted by Crippen LogP contribution is 2.16. The molecule has 2 unspecified atom stereocenters. The van der Waals surface area contributed by atoms with E-state index in [0.717, 1.165) is 12.8 Å². The summed E-state index contributed by atoms with van der Waals surface area (Å²) in [6.07, 6.45) is 1.79. The van der Waals surface area contributed by atoms with E-state index < -0.39 is 0 Å². The van der Waals surface area contributed by atoms with Crippen LogP contribution in [0.3, 0.4) is 0 Å². The topological polar surface area (TPSA) is 79.5 Å². The van der Waals surface area contributed by atoms with Crippen LogP contribution in [0, 0.1) is 0 Å². The number of rotatable bonds is 8. The fourth-order valence-corrected chi connectivity index (χ4v) is 2.72. The maximum atomic E-state index is 12.5. The van der Waals surface area contributed by atoms with Crippen molar-refractivity contribution in [3.63, 3.8) is 0 Å². The Labute approximate surface area is 183 Å². The van der Waals surface area contributed by atoms with Crippen LogP contribution >= 0.6 is 12.2 Å². The Hall–Kier alpha value is -2.93. The van der Waals surface area contributed by atoms with Crippen molar-refractivity contribution < 1.29 is 14.3 Å². The lowest BCUT2D eigenvalue weighted by Crippen LogP contribution is -2.34. The molecule has 30 heavy (non-hydrogen) atoms. The van der Waals surface area contributed by atoms with E-state index in [-0.39, 0.29) is 29.1 Å². The highest BCUT2D eigenvalue weighted by Gasteiger charge is 2.12. The highest BCUT2D eigenvalue weighted by atomic mass is 32.1. The van der Waals surface area contributed by atoms with Crippen molar-refractivity contribution in [2.24, 2.45) is 0 Å². The molecule has 0 fully saturated rings. The minimum atomic E-state index is -0.340. The molecule has 0 saturated heterocycles. The van der Waals surface area contributed by atoms with Crippen LogP contribution in [0.2, 0.25) is 0 Å². The van der Waals surface area contributed by atoms with Gasteiger partial charge in [0.05, 0.1) is 6.10 Å².